The first-order valence-corrected chi connectivity index (χ1v) is 5.95. The number of benzene rings is 1. The summed E-state index contributed by atoms with van der Waals surface area (Å²) in [6.07, 6.45) is 0.620. The minimum atomic E-state index is -0.822. The molecule has 18 heavy (non-hydrogen) atoms. The number of carbonyl (C=O) groups excluding carboxylic acids is 1. The second kappa shape index (κ2) is 4.96. The highest BCUT2D eigenvalue weighted by Crippen LogP contribution is 2.22. The van der Waals surface area contributed by atoms with Gasteiger partial charge in [-0.1, -0.05) is 0 Å². The average Bonchev–Trinajstić information content (AvgIpc) is 2.75. The number of ketones is 1. The zero-order chi connectivity index (χ0) is 13.2. The van der Waals surface area contributed by atoms with Gasteiger partial charge in [-0.2, -0.15) is 0 Å². The number of nitrogens with two attached hydrogens (primary N) is 1. The third-order valence-corrected chi connectivity index (χ3v) is 3.14. The van der Waals surface area contributed by atoms with Gasteiger partial charge >= 0.3 is 0 Å². The fourth-order valence-electron chi connectivity index (χ4n) is 1.97. The van der Waals surface area contributed by atoms with Crippen molar-refractivity contribution in [3.05, 3.63) is 23.8 Å². The van der Waals surface area contributed by atoms with Crippen molar-refractivity contribution in [1.29, 1.82) is 0 Å². The van der Waals surface area contributed by atoms with Gasteiger partial charge in [0.15, 0.2) is 5.78 Å². The molecule has 0 aromatic heterocycles. The summed E-state index contributed by atoms with van der Waals surface area (Å²) in [5.74, 6) is -0.0703. The van der Waals surface area contributed by atoms with Crippen LogP contribution in [0.1, 0.15) is 23.7 Å². The molecule has 1 fully saturated rings. The summed E-state index contributed by atoms with van der Waals surface area (Å²) < 4.78 is 5.17. The maximum Gasteiger partial charge on any atom is 0.161 e. The first kappa shape index (κ1) is 12.9. The molecule has 1 heterocycles. The third-order valence-electron chi connectivity index (χ3n) is 3.14. The molecular weight excluding hydrogens is 232 g/mol. The first-order chi connectivity index (χ1) is 8.50. The van der Waals surface area contributed by atoms with E-state index in [0.717, 1.165) is 5.69 Å². The van der Waals surface area contributed by atoms with Crippen LogP contribution in [0.15, 0.2) is 18.2 Å². The highest BCUT2D eigenvalue weighted by Gasteiger charge is 2.31. The molecule has 0 spiro atoms. The number of aliphatic hydroxyl groups is 1. The van der Waals surface area contributed by atoms with E-state index in [1.165, 1.54) is 6.92 Å². The molecule has 0 bridgehead atoms. The van der Waals surface area contributed by atoms with Crippen LogP contribution >= 0.6 is 0 Å². The Hall–Kier alpha value is -1.59. The second-order valence-electron chi connectivity index (χ2n) is 4.74. The second-order valence-corrected chi connectivity index (χ2v) is 4.74. The Morgan fingerprint density at radius 2 is 2.39 bits per heavy atom. The molecule has 98 valence electrons. The number of nitrogen functional groups attached to an aromatic ring is 1. The van der Waals surface area contributed by atoms with Crippen LogP contribution in [0.3, 0.4) is 0 Å². The summed E-state index contributed by atoms with van der Waals surface area (Å²) in [5, 5.41) is 13.2. The van der Waals surface area contributed by atoms with E-state index >= 15 is 0 Å². The number of hydrogen-bond donors (Lipinski definition) is 3. The largest absolute Gasteiger partial charge is 0.398 e. The Labute approximate surface area is 106 Å². The van der Waals surface area contributed by atoms with E-state index < -0.39 is 5.60 Å². The van der Waals surface area contributed by atoms with E-state index in [9.17, 15) is 9.90 Å². The number of carbonyl (C=O) groups is 1. The van der Waals surface area contributed by atoms with Crippen molar-refractivity contribution in [1.82, 2.24) is 0 Å². The molecular formula is C13H18N2O3. The molecule has 1 unspecified atom stereocenters. The lowest BCUT2D eigenvalue weighted by molar-refractivity contribution is 0.0382. The first-order valence-electron chi connectivity index (χ1n) is 5.95. The number of anilines is 2. The highest BCUT2D eigenvalue weighted by molar-refractivity contribution is 6.00. The standard InChI is InChI=1S/C13H18N2O3/c1-9(16)11-6-10(2-3-12(11)14)15-7-13(17)4-5-18-8-13/h2-3,6,15,17H,4-5,7-8,14H2,1H3. The molecule has 1 aromatic carbocycles. The summed E-state index contributed by atoms with van der Waals surface area (Å²) in [6, 6.07) is 5.19. The molecule has 2 rings (SSSR count). The van der Waals surface area contributed by atoms with Gasteiger partial charge in [-0.15, -0.1) is 0 Å². The molecule has 0 amide bonds. The minimum absolute atomic E-state index is 0.0703. The molecule has 0 aliphatic carbocycles. The SMILES string of the molecule is CC(=O)c1cc(NCC2(O)CCOC2)ccc1N. The Bertz CT molecular complexity index is 454. The van der Waals surface area contributed by atoms with Gasteiger partial charge in [0.2, 0.25) is 0 Å². The van der Waals surface area contributed by atoms with Crippen LogP contribution in [0, 0.1) is 0 Å². The average molecular weight is 250 g/mol. The molecule has 5 nitrogen and oxygen atoms in total. The van der Waals surface area contributed by atoms with Crippen LogP contribution in [-0.2, 0) is 4.74 Å². The van der Waals surface area contributed by atoms with Gasteiger partial charge in [0.1, 0.15) is 5.60 Å². The Kier molecular flexibility index (Phi) is 3.54. The predicted molar refractivity (Wildman–Crippen MR) is 69.7 cm³/mol. The molecule has 1 aliphatic rings. The minimum Gasteiger partial charge on any atom is -0.398 e. The van der Waals surface area contributed by atoms with Gasteiger partial charge < -0.3 is 20.9 Å². The van der Waals surface area contributed by atoms with E-state index in [1.807, 2.05) is 0 Å². The van der Waals surface area contributed by atoms with Crippen LogP contribution in [0.4, 0.5) is 11.4 Å². The van der Waals surface area contributed by atoms with Crippen molar-refractivity contribution in [2.45, 2.75) is 18.9 Å². The van der Waals surface area contributed by atoms with E-state index in [0.29, 0.717) is 37.4 Å². The van der Waals surface area contributed by atoms with Gasteiger partial charge in [0.05, 0.1) is 6.61 Å². The van der Waals surface area contributed by atoms with Gasteiger partial charge in [-0.05, 0) is 25.1 Å². The van der Waals surface area contributed by atoms with Gasteiger partial charge in [0, 0.05) is 36.5 Å². The van der Waals surface area contributed by atoms with E-state index in [1.54, 1.807) is 18.2 Å². The molecule has 0 saturated carbocycles. The summed E-state index contributed by atoms with van der Waals surface area (Å²) in [4.78, 5) is 11.4. The Balaban J connectivity index is 2.05. The number of rotatable bonds is 4. The number of ether oxygens (including phenoxy) is 1. The topological polar surface area (TPSA) is 84.6 Å². The summed E-state index contributed by atoms with van der Waals surface area (Å²) >= 11 is 0. The van der Waals surface area contributed by atoms with Crippen molar-refractivity contribution in [2.24, 2.45) is 0 Å². The van der Waals surface area contributed by atoms with Crippen molar-refractivity contribution < 1.29 is 14.6 Å². The maximum atomic E-state index is 11.4. The van der Waals surface area contributed by atoms with Crippen molar-refractivity contribution in [3.63, 3.8) is 0 Å². The fraction of sp³-hybridized carbons (Fsp3) is 0.462. The summed E-state index contributed by atoms with van der Waals surface area (Å²) in [5.41, 5.74) is 6.63. The lowest BCUT2D eigenvalue weighted by Crippen LogP contribution is -2.37. The number of Topliss-reactive ketones (excluding diaryl/α,β-unsaturated/α-hetero) is 1. The van der Waals surface area contributed by atoms with Crippen molar-refractivity contribution >= 4 is 17.2 Å². The van der Waals surface area contributed by atoms with Crippen LogP contribution in [0.5, 0.6) is 0 Å². The molecule has 1 atom stereocenters. The highest BCUT2D eigenvalue weighted by atomic mass is 16.5. The molecule has 0 radical (unpaired) electrons. The Morgan fingerprint density at radius 3 is 3.00 bits per heavy atom. The van der Waals surface area contributed by atoms with Crippen LogP contribution in [0.2, 0.25) is 0 Å². The molecule has 5 heteroatoms. The van der Waals surface area contributed by atoms with Crippen LogP contribution < -0.4 is 11.1 Å². The smallest absolute Gasteiger partial charge is 0.161 e. The van der Waals surface area contributed by atoms with E-state index in [4.69, 9.17) is 10.5 Å². The van der Waals surface area contributed by atoms with Gasteiger partial charge in [0.25, 0.3) is 0 Å². The van der Waals surface area contributed by atoms with Crippen molar-refractivity contribution in [2.75, 3.05) is 30.8 Å². The van der Waals surface area contributed by atoms with E-state index in [2.05, 4.69) is 5.32 Å². The van der Waals surface area contributed by atoms with Crippen molar-refractivity contribution in [3.8, 4) is 0 Å². The van der Waals surface area contributed by atoms with E-state index in [-0.39, 0.29) is 5.78 Å². The van der Waals surface area contributed by atoms with Crippen LogP contribution in [-0.4, -0.2) is 36.2 Å². The zero-order valence-electron chi connectivity index (χ0n) is 10.4. The molecule has 1 aromatic rings. The fourth-order valence-corrected chi connectivity index (χ4v) is 1.97. The quantitative estimate of drug-likeness (QED) is 0.549. The monoisotopic (exact) mass is 250 g/mol. The van der Waals surface area contributed by atoms with Crippen LogP contribution in [0.25, 0.3) is 0 Å². The van der Waals surface area contributed by atoms with Gasteiger partial charge in [-0.25, -0.2) is 0 Å². The van der Waals surface area contributed by atoms with Gasteiger partial charge in [-0.3, -0.25) is 4.79 Å². The normalized spacial score (nSPS) is 23.0. The summed E-state index contributed by atoms with van der Waals surface area (Å²) in [7, 11) is 0. The molecule has 4 N–H and O–H groups in total. The summed E-state index contributed by atoms with van der Waals surface area (Å²) in [6.45, 7) is 2.80. The Morgan fingerprint density at radius 1 is 1.61 bits per heavy atom. The predicted octanol–water partition coefficient (Wildman–Crippen LogP) is 1.03. The lowest BCUT2D eigenvalue weighted by Gasteiger charge is -2.21. The third kappa shape index (κ3) is 2.80. The maximum absolute atomic E-state index is 11.4. The number of nitrogens with one attached hydrogen (secondary N) is 1. The number of hydrogen-bond acceptors (Lipinski definition) is 5. The molecule has 1 aliphatic heterocycles. The lowest BCUT2D eigenvalue weighted by atomic mass is 10.0. The zero-order valence-corrected chi connectivity index (χ0v) is 10.4. The molecule has 1 saturated heterocycles.